The number of aliphatic carboxylic acids is 1. The zero-order chi connectivity index (χ0) is 21.7. The average Bonchev–Trinajstić information content (AvgIpc) is 2.96. The first-order valence-electron chi connectivity index (χ1n) is 9.17. The summed E-state index contributed by atoms with van der Waals surface area (Å²) in [5.41, 5.74) is 1.60. The molecule has 0 fully saturated rings. The van der Waals surface area contributed by atoms with Crippen LogP contribution in [0.4, 0.5) is 4.39 Å². The average molecular weight is 434 g/mol. The van der Waals surface area contributed by atoms with Gasteiger partial charge in [0.25, 0.3) is 0 Å². The number of pyridine rings is 1. The number of halogens is 2. The van der Waals surface area contributed by atoms with Gasteiger partial charge in [-0.15, -0.1) is 11.3 Å². The maximum absolute atomic E-state index is 14.7. The number of aryl methyl sites for hydroxylation is 2. The molecule has 0 saturated carbocycles. The monoisotopic (exact) mass is 433 g/mol. The highest BCUT2D eigenvalue weighted by Crippen LogP contribution is 2.43. The molecule has 4 nitrogen and oxygen atoms in total. The first-order valence-corrected chi connectivity index (χ1v) is 10.4. The molecule has 3 rings (SSSR count). The van der Waals surface area contributed by atoms with Gasteiger partial charge in [-0.1, -0.05) is 29.2 Å². The van der Waals surface area contributed by atoms with Crippen LogP contribution in [0.2, 0.25) is 5.02 Å². The van der Waals surface area contributed by atoms with Crippen LogP contribution < -0.4 is 5.46 Å². The lowest BCUT2D eigenvalue weighted by molar-refractivity contribution is -0.160. The van der Waals surface area contributed by atoms with E-state index in [1.807, 2.05) is 13.0 Å². The Morgan fingerprint density at radius 2 is 2.00 bits per heavy atom. The molecule has 0 bridgehead atoms. The van der Waals surface area contributed by atoms with Gasteiger partial charge in [-0.05, 0) is 40.7 Å². The van der Waals surface area contributed by atoms with Crippen molar-refractivity contribution in [1.82, 2.24) is 4.98 Å². The molecule has 2 aromatic heterocycles. The maximum Gasteiger partial charge on any atom is 0.337 e. The van der Waals surface area contributed by atoms with Gasteiger partial charge in [0.2, 0.25) is 0 Å². The lowest BCUT2D eigenvalue weighted by Crippen LogP contribution is -2.28. The predicted octanol–water partition coefficient (Wildman–Crippen LogP) is 4.57. The molecule has 0 amide bonds. The summed E-state index contributed by atoms with van der Waals surface area (Å²) in [5.74, 6) is -1.66. The molecule has 1 N–H and O–H groups in total. The molecule has 0 aliphatic heterocycles. The molecular formula is C21H22BClFNO3S. The summed E-state index contributed by atoms with van der Waals surface area (Å²) in [6.07, 6.45) is -1.28. The molecule has 0 spiro atoms. The zero-order valence-electron chi connectivity index (χ0n) is 17.2. The maximum atomic E-state index is 14.7. The number of nitrogens with zero attached hydrogens (tertiary/aromatic N) is 1. The normalized spacial score (nSPS) is 13.1. The number of thiophene rings is 1. The molecule has 0 aliphatic carbocycles. The topological polar surface area (TPSA) is 59.4 Å². The lowest BCUT2D eigenvalue weighted by Gasteiger charge is -2.28. The first kappa shape index (κ1) is 21.7. The summed E-state index contributed by atoms with van der Waals surface area (Å²) in [5, 5.41) is 10.7. The minimum atomic E-state index is -1.28. The molecule has 0 radical (unpaired) electrons. The van der Waals surface area contributed by atoms with Crippen molar-refractivity contribution in [2.75, 3.05) is 0 Å². The first-order chi connectivity index (χ1) is 13.4. The van der Waals surface area contributed by atoms with Crippen LogP contribution in [-0.2, 0) is 9.53 Å². The Labute approximate surface area is 179 Å². The minimum Gasteiger partial charge on any atom is -0.479 e. The second kappa shape index (κ2) is 7.71. The molecule has 1 atom stereocenters. The van der Waals surface area contributed by atoms with Crippen LogP contribution in [0, 0.1) is 19.7 Å². The Kier molecular flexibility index (Phi) is 5.78. The number of rotatable bonds is 4. The zero-order valence-corrected chi connectivity index (χ0v) is 18.8. The van der Waals surface area contributed by atoms with E-state index in [9.17, 15) is 14.3 Å². The number of hydrogen-bond acceptors (Lipinski definition) is 4. The third-order valence-corrected chi connectivity index (χ3v) is 5.85. The van der Waals surface area contributed by atoms with Crippen LogP contribution in [0.5, 0.6) is 0 Å². The van der Waals surface area contributed by atoms with Gasteiger partial charge in [0, 0.05) is 32.6 Å². The molecule has 0 unspecified atom stereocenters. The van der Waals surface area contributed by atoms with E-state index in [4.69, 9.17) is 16.3 Å². The molecule has 152 valence electrons. The molecule has 0 aliphatic rings. The van der Waals surface area contributed by atoms with Crippen LogP contribution in [0.25, 0.3) is 21.3 Å². The highest BCUT2D eigenvalue weighted by molar-refractivity contribution is 7.18. The molecule has 0 saturated heterocycles. The van der Waals surface area contributed by atoms with Gasteiger partial charge in [0.05, 0.1) is 10.6 Å². The van der Waals surface area contributed by atoms with Crippen molar-refractivity contribution in [3.05, 3.63) is 45.2 Å². The largest absolute Gasteiger partial charge is 0.479 e. The Bertz CT molecular complexity index is 1120. The molecule has 8 heteroatoms. The Morgan fingerprint density at radius 3 is 2.59 bits per heavy atom. The third-order valence-electron chi connectivity index (χ3n) is 4.54. The van der Waals surface area contributed by atoms with Gasteiger partial charge < -0.3 is 9.84 Å². The van der Waals surface area contributed by atoms with Crippen molar-refractivity contribution in [3.63, 3.8) is 0 Å². The fraction of sp³-hybridized carbons (Fsp3) is 0.333. The SMILES string of the molecule is Bc1ccc(-c2c([C@H](OC(C)(C)C)C(=O)O)c(C)nc3sc(C)cc23)c(Cl)c1F. The van der Waals surface area contributed by atoms with E-state index < -0.39 is 23.5 Å². The van der Waals surface area contributed by atoms with Crippen LogP contribution >= 0.6 is 22.9 Å². The number of ether oxygens (including phenoxy) is 1. The van der Waals surface area contributed by atoms with Gasteiger partial charge in [-0.25, -0.2) is 14.2 Å². The number of aromatic nitrogens is 1. The summed E-state index contributed by atoms with van der Waals surface area (Å²) < 4.78 is 20.6. The van der Waals surface area contributed by atoms with E-state index in [2.05, 4.69) is 4.98 Å². The minimum absolute atomic E-state index is 0.0399. The number of benzene rings is 1. The Morgan fingerprint density at radius 1 is 1.34 bits per heavy atom. The quantitative estimate of drug-likeness (QED) is 0.612. The second-order valence-electron chi connectivity index (χ2n) is 8.07. The van der Waals surface area contributed by atoms with Crippen LogP contribution in [0.15, 0.2) is 18.2 Å². The van der Waals surface area contributed by atoms with Gasteiger partial charge in [-0.3, -0.25) is 0 Å². The van der Waals surface area contributed by atoms with Crippen molar-refractivity contribution in [1.29, 1.82) is 0 Å². The predicted molar refractivity (Wildman–Crippen MR) is 119 cm³/mol. The Balaban J connectivity index is 2.45. The second-order valence-corrected chi connectivity index (χ2v) is 9.68. The number of carbonyl (C=O) groups is 1. The number of hydrogen-bond donors (Lipinski definition) is 1. The number of carboxylic acid groups (broad SMARTS) is 1. The third kappa shape index (κ3) is 4.18. The standard InChI is InChI=1S/C21H22BClFNO3S/c1-9-8-12-15(11-6-7-13(22)17(24)16(11)23)14(10(2)25-19(12)29-9)18(20(26)27)28-21(3,4)5/h6-8,18H,22H2,1-5H3,(H,26,27)/t18-/m0/s1. The fourth-order valence-corrected chi connectivity index (χ4v) is 4.58. The Hall–Kier alpha value is -1.96. The number of fused-ring (bicyclic) bond motifs is 1. The van der Waals surface area contributed by atoms with E-state index in [0.29, 0.717) is 27.8 Å². The van der Waals surface area contributed by atoms with Crippen molar-refractivity contribution in [3.8, 4) is 11.1 Å². The smallest absolute Gasteiger partial charge is 0.337 e. The van der Waals surface area contributed by atoms with Crippen molar-refractivity contribution in [2.24, 2.45) is 0 Å². The van der Waals surface area contributed by atoms with E-state index >= 15 is 0 Å². The summed E-state index contributed by atoms with van der Waals surface area (Å²) in [6, 6.07) is 5.29. The van der Waals surface area contributed by atoms with Crippen molar-refractivity contribution < 1.29 is 19.0 Å². The highest BCUT2D eigenvalue weighted by Gasteiger charge is 2.33. The van der Waals surface area contributed by atoms with Gasteiger partial charge >= 0.3 is 5.97 Å². The summed E-state index contributed by atoms with van der Waals surface area (Å²) in [4.78, 5) is 18.6. The van der Waals surface area contributed by atoms with Crippen LogP contribution in [0.3, 0.4) is 0 Å². The van der Waals surface area contributed by atoms with Crippen LogP contribution in [0.1, 0.15) is 43.0 Å². The van der Waals surface area contributed by atoms with Gasteiger partial charge in [0.15, 0.2) is 6.10 Å². The van der Waals surface area contributed by atoms with E-state index in [1.54, 1.807) is 47.7 Å². The van der Waals surface area contributed by atoms with E-state index in [0.717, 1.165) is 15.1 Å². The molecule has 29 heavy (non-hydrogen) atoms. The molecule has 2 heterocycles. The number of carboxylic acids is 1. The molecular weight excluding hydrogens is 412 g/mol. The van der Waals surface area contributed by atoms with E-state index in [1.165, 1.54) is 11.3 Å². The molecule has 1 aromatic carbocycles. The van der Waals surface area contributed by atoms with Gasteiger partial charge in [0.1, 0.15) is 18.5 Å². The lowest BCUT2D eigenvalue weighted by atomic mass is 9.88. The fourth-order valence-electron chi connectivity index (χ4n) is 3.34. The van der Waals surface area contributed by atoms with Crippen molar-refractivity contribution in [2.45, 2.75) is 46.3 Å². The summed E-state index contributed by atoms with van der Waals surface area (Å²) in [7, 11) is 1.64. The van der Waals surface area contributed by atoms with E-state index in [-0.39, 0.29) is 5.02 Å². The van der Waals surface area contributed by atoms with Crippen molar-refractivity contribution >= 4 is 52.4 Å². The molecule has 3 aromatic rings. The highest BCUT2D eigenvalue weighted by atomic mass is 35.5. The van der Waals surface area contributed by atoms with Crippen LogP contribution in [-0.4, -0.2) is 29.5 Å². The summed E-state index contributed by atoms with van der Waals surface area (Å²) in [6.45, 7) is 9.06. The summed E-state index contributed by atoms with van der Waals surface area (Å²) >= 11 is 7.90. The van der Waals surface area contributed by atoms with Gasteiger partial charge in [-0.2, -0.15) is 0 Å².